The van der Waals surface area contributed by atoms with Gasteiger partial charge in [-0.25, -0.2) is 0 Å². The maximum atomic E-state index is 10.3. The van der Waals surface area contributed by atoms with Crippen molar-refractivity contribution in [3.63, 3.8) is 0 Å². The lowest BCUT2D eigenvalue weighted by Gasteiger charge is -2.31. The zero-order valence-electron chi connectivity index (χ0n) is 6.99. The van der Waals surface area contributed by atoms with E-state index < -0.39 is 0 Å². The molecule has 11 heavy (non-hydrogen) atoms. The van der Waals surface area contributed by atoms with Gasteiger partial charge < -0.3 is 4.90 Å². The Morgan fingerprint density at radius 3 is 2.18 bits per heavy atom. The van der Waals surface area contributed by atoms with E-state index in [2.05, 4.69) is 18.4 Å². The van der Waals surface area contributed by atoms with E-state index in [4.69, 9.17) is 0 Å². The number of hydrogen-bond donors (Lipinski definition) is 0. The zero-order valence-corrected chi connectivity index (χ0v) is 6.99. The normalized spacial score (nSPS) is 20.3. The third-order valence-electron chi connectivity index (χ3n) is 1.94. The Balaban J connectivity index is 2.18. The number of carbonyl (C=O) groups excluding carboxylic acids is 1. The minimum atomic E-state index is 0.875. The highest BCUT2D eigenvalue weighted by Gasteiger charge is 2.13. The molecule has 3 nitrogen and oxygen atoms in total. The molecule has 0 aromatic rings. The van der Waals surface area contributed by atoms with Gasteiger partial charge in [0.1, 0.15) is 0 Å². The molecule has 1 aliphatic heterocycles. The fraction of sp³-hybridized carbons (Fsp3) is 0.750. The van der Waals surface area contributed by atoms with Crippen LogP contribution in [0, 0.1) is 6.54 Å². The molecule has 3 heteroatoms. The van der Waals surface area contributed by atoms with Crippen LogP contribution in [0.4, 0.5) is 0 Å². The van der Waals surface area contributed by atoms with Gasteiger partial charge in [0.2, 0.25) is 6.41 Å². The minimum Gasteiger partial charge on any atom is -0.343 e. The van der Waals surface area contributed by atoms with Crippen molar-refractivity contribution < 1.29 is 4.79 Å². The van der Waals surface area contributed by atoms with Gasteiger partial charge in [-0.15, -0.1) is 0 Å². The molecule has 0 aromatic carbocycles. The quantitative estimate of drug-likeness (QED) is 0.548. The lowest BCUT2D eigenvalue weighted by Crippen LogP contribution is -2.44. The second-order valence-electron chi connectivity index (χ2n) is 2.77. The van der Waals surface area contributed by atoms with Gasteiger partial charge in [0.15, 0.2) is 0 Å². The standard InChI is InChI=1S/C8H15N2O/c1-2-3-9-4-6-10(8-11)7-5-9/h3,8H,2,4-7H2,1H3. The molecule has 63 valence electrons. The van der Waals surface area contributed by atoms with Crippen molar-refractivity contribution in [2.45, 2.75) is 13.3 Å². The van der Waals surface area contributed by atoms with Crippen LogP contribution in [0.1, 0.15) is 13.3 Å². The van der Waals surface area contributed by atoms with Crippen molar-refractivity contribution in [3.05, 3.63) is 6.54 Å². The molecular formula is C8H15N2O. The van der Waals surface area contributed by atoms with Gasteiger partial charge in [-0.3, -0.25) is 9.69 Å². The Morgan fingerprint density at radius 2 is 1.73 bits per heavy atom. The van der Waals surface area contributed by atoms with E-state index in [1.165, 1.54) is 0 Å². The molecule has 0 aromatic heterocycles. The molecule has 1 rings (SSSR count). The number of hydrogen-bond acceptors (Lipinski definition) is 2. The summed E-state index contributed by atoms with van der Waals surface area (Å²) >= 11 is 0. The van der Waals surface area contributed by atoms with Crippen LogP contribution in [0.15, 0.2) is 0 Å². The highest BCUT2D eigenvalue weighted by molar-refractivity contribution is 5.47. The van der Waals surface area contributed by atoms with Crippen molar-refractivity contribution in [3.8, 4) is 0 Å². The number of nitrogens with zero attached hydrogens (tertiary/aromatic N) is 2. The van der Waals surface area contributed by atoms with Crippen molar-refractivity contribution >= 4 is 6.41 Å². The van der Waals surface area contributed by atoms with Gasteiger partial charge in [-0.05, 0) is 6.42 Å². The molecule has 0 unspecified atom stereocenters. The Labute approximate surface area is 68.0 Å². The Morgan fingerprint density at radius 1 is 1.18 bits per heavy atom. The molecule has 0 N–H and O–H groups in total. The van der Waals surface area contributed by atoms with Crippen LogP contribution in [0.3, 0.4) is 0 Å². The predicted octanol–water partition coefficient (Wildman–Crippen LogP) is 0.332. The van der Waals surface area contributed by atoms with E-state index in [1.807, 2.05) is 4.90 Å². The maximum absolute atomic E-state index is 10.3. The molecule has 1 radical (unpaired) electrons. The molecule has 1 aliphatic rings. The lowest BCUT2D eigenvalue weighted by atomic mass is 10.3. The van der Waals surface area contributed by atoms with Crippen molar-refractivity contribution in [1.82, 2.24) is 9.80 Å². The first kappa shape index (κ1) is 8.53. The van der Waals surface area contributed by atoms with Gasteiger partial charge in [0.25, 0.3) is 0 Å². The maximum Gasteiger partial charge on any atom is 0.209 e. The number of piperazine rings is 1. The molecule has 0 atom stereocenters. The minimum absolute atomic E-state index is 0.875. The summed E-state index contributed by atoms with van der Waals surface area (Å²) < 4.78 is 0. The largest absolute Gasteiger partial charge is 0.343 e. The summed E-state index contributed by atoms with van der Waals surface area (Å²) in [5, 5.41) is 0. The van der Waals surface area contributed by atoms with E-state index >= 15 is 0 Å². The monoisotopic (exact) mass is 155 g/mol. The molecule has 0 saturated carbocycles. The topological polar surface area (TPSA) is 23.6 Å². The third kappa shape index (κ3) is 2.50. The Bertz CT molecular complexity index is 119. The summed E-state index contributed by atoms with van der Waals surface area (Å²) in [4.78, 5) is 14.4. The molecule has 0 aliphatic carbocycles. The molecular weight excluding hydrogens is 140 g/mol. The highest BCUT2D eigenvalue weighted by Crippen LogP contribution is 2.02. The van der Waals surface area contributed by atoms with Gasteiger partial charge in [-0.1, -0.05) is 6.92 Å². The average molecular weight is 155 g/mol. The van der Waals surface area contributed by atoms with Crippen LogP contribution >= 0.6 is 0 Å². The van der Waals surface area contributed by atoms with E-state index in [0.717, 1.165) is 39.0 Å². The molecule has 1 saturated heterocycles. The van der Waals surface area contributed by atoms with Gasteiger partial charge in [-0.2, -0.15) is 0 Å². The second-order valence-corrected chi connectivity index (χ2v) is 2.77. The summed E-state index contributed by atoms with van der Waals surface area (Å²) in [5.41, 5.74) is 0. The first-order valence-electron chi connectivity index (χ1n) is 4.13. The molecule has 1 fully saturated rings. The van der Waals surface area contributed by atoms with Crippen LogP contribution in [0.25, 0.3) is 0 Å². The van der Waals surface area contributed by atoms with Gasteiger partial charge in [0, 0.05) is 32.7 Å². The fourth-order valence-corrected chi connectivity index (χ4v) is 1.28. The van der Waals surface area contributed by atoms with E-state index in [0.29, 0.717) is 0 Å². The summed E-state index contributed by atoms with van der Waals surface area (Å²) in [5.74, 6) is 0. The number of rotatable bonds is 3. The molecule has 0 bridgehead atoms. The first-order valence-corrected chi connectivity index (χ1v) is 4.13. The third-order valence-corrected chi connectivity index (χ3v) is 1.94. The first-order chi connectivity index (χ1) is 5.36. The molecule has 1 heterocycles. The summed E-state index contributed by atoms with van der Waals surface area (Å²) in [6, 6.07) is 0. The zero-order chi connectivity index (χ0) is 8.10. The molecule has 1 amide bonds. The van der Waals surface area contributed by atoms with E-state index in [9.17, 15) is 4.79 Å². The lowest BCUT2D eigenvalue weighted by molar-refractivity contribution is -0.119. The van der Waals surface area contributed by atoms with Gasteiger partial charge in [0.05, 0.1) is 0 Å². The smallest absolute Gasteiger partial charge is 0.209 e. The van der Waals surface area contributed by atoms with E-state index in [1.54, 1.807) is 0 Å². The summed E-state index contributed by atoms with van der Waals surface area (Å²) in [6.07, 6.45) is 2.02. The van der Waals surface area contributed by atoms with Crippen LogP contribution in [-0.4, -0.2) is 42.4 Å². The Hall–Kier alpha value is -0.570. The van der Waals surface area contributed by atoms with Crippen molar-refractivity contribution in [2.24, 2.45) is 0 Å². The van der Waals surface area contributed by atoms with Crippen LogP contribution in [0.2, 0.25) is 0 Å². The van der Waals surface area contributed by atoms with Crippen molar-refractivity contribution in [2.75, 3.05) is 26.2 Å². The number of carbonyl (C=O) groups is 1. The Kier molecular flexibility index (Phi) is 3.36. The SMILES string of the molecule is CC[CH]N1CCN(C=O)CC1. The predicted molar refractivity (Wildman–Crippen MR) is 43.8 cm³/mol. The van der Waals surface area contributed by atoms with Crippen molar-refractivity contribution in [1.29, 1.82) is 0 Å². The fourth-order valence-electron chi connectivity index (χ4n) is 1.28. The second kappa shape index (κ2) is 4.34. The van der Waals surface area contributed by atoms with Gasteiger partial charge >= 0.3 is 0 Å². The van der Waals surface area contributed by atoms with Crippen LogP contribution in [0.5, 0.6) is 0 Å². The van der Waals surface area contributed by atoms with E-state index in [-0.39, 0.29) is 0 Å². The summed E-state index contributed by atoms with van der Waals surface area (Å²) in [7, 11) is 0. The van der Waals surface area contributed by atoms with Crippen LogP contribution < -0.4 is 0 Å². The average Bonchev–Trinajstić information content (AvgIpc) is 2.07. The highest BCUT2D eigenvalue weighted by atomic mass is 16.1. The molecule has 0 spiro atoms. The number of amides is 1. The van der Waals surface area contributed by atoms with Crippen LogP contribution in [-0.2, 0) is 4.79 Å². The summed E-state index contributed by atoms with van der Waals surface area (Å²) in [6.45, 7) is 8.06.